The van der Waals surface area contributed by atoms with Gasteiger partial charge in [0.05, 0.1) is 4.92 Å². The normalized spacial score (nSPS) is 10.2. The third kappa shape index (κ3) is 3.12. The minimum Gasteiger partial charge on any atom is -0.457 e. The minimum absolute atomic E-state index is 0.0853. The molecule has 0 heterocycles. The van der Waals surface area contributed by atoms with E-state index in [1.54, 1.807) is 12.1 Å². The highest BCUT2D eigenvalue weighted by Gasteiger charge is 2.07. The van der Waals surface area contributed by atoms with Crippen molar-refractivity contribution in [3.05, 3.63) is 89.0 Å². The van der Waals surface area contributed by atoms with Gasteiger partial charge in [-0.25, -0.2) is 0 Å². The molecule has 4 nitrogen and oxygen atoms in total. The van der Waals surface area contributed by atoms with E-state index in [2.05, 4.69) is 0 Å². The average molecular weight is 291 g/mol. The van der Waals surface area contributed by atoms with E-state index >= 15 is 0 Å². The van der Waals surface area contributed by atoms with Crippen LogP contribution in [-0.2, 0) is 0 Å². The molecule has 0 amide bonds. The second-order valence-electron chi connectivity index (χ2n) is 4.75. The molecule has 0 aliphatic heterocycles. The maximum atomic E-state index is 10.8. The van der Waals surface area contributed by atoms with E-state index in [1.807, 2.05) is 60.7 Å². The summed E-state index contributed by atoms with van der Waals surface area (Å²) >= 11 is 0. The molecule has 108 valence electrons. The number of hydrogen-bond acceptors (Lipinski definition) is 3. The number of nitrogens with zero attached hydrogens (tertiary/aromatic N) is 1. The lowest BCUT2D eigenvalue weighted by Crippen LogP contribution is -1.88. The number of nitro groups is 1. The molecule has 0 radical (unpaired) electrons. The van der Waals surface area contributed by atoms with E-state index in [0.29, 0.717) is 0 Å². The van der Waals surface area contributed by atoms with E-state index in [9.17, 15) is 10.1 Å². The Hall–Kier alpha value is -3.14. The third-order valence-corrected chi connectivity index (χ3v) is 3.22. The second kappa shape index (κ2) is 6.10. The zero-order chi connectivity index (χ0) is 15.4. The molecule has 0 aliphatic rings. The van der Waals surface area contributed by atoms with E-state index in [1.165, 1.54) is 6.07 Å². The van der Waals surface area contributed by atoms with Crippen molar-refractivity contribution in [3.63, 3.8) is 0 Å². The summed E-state index contributed by atoms with van der Waals surface area (Å²) in [6.45, 7) is 0. The van der Waals surface area contributed by atoms with Gasteiger partial charge in [-0.3, -0.25) is 10.1 Å². The fourth-order valence-corrected chi connectivity index (χ4v) is 2.14. The molecular weight excluding hydrogens is 278 g/mol. The zero-order valence-corrected chi connectivity index (χ0v) is 11.7. The summed E-state index contributed by atoms with van der Waals surface area (Å²) in [5.74, 6) is 1.49. The Morgan fingerprint density at radius 2 is 1.41 bits per heavy atom. The third-order valence-electron chi connectivity index (χ3n) is 3.22. The Morgan fingerprint density at radius 1 is 0.727 bits per heavy atom. The topological polar surface area (TPSA) is 52.4 Å². The Morgan fingerprint density at radius 3 is 2.09 bits per heavy atom. The van der Waals surface area contributed by atoms with E-state index < -0.39 is 4.92 Å². The first kappa shape index (κ1) is 13.8. The molecule has 3 aromatic rings. The summed E-state index contributed by atoms with van der Waals surface area (Å²) < 4.78 is 5.72. The molecule has 0 saturated heterocycles. The summed E-state index contributed by atoms with van der Waals surface area (Å²) in [7, 11) is 0. The fraction of sp³-hybridized carbons (Fsp3) is 0. The summed E-state index contributed by atoms with van der Waals surface area (Å²) in [5.41, 5.74) is 1.80. The molecule has 0 unspecified atom stereocenters. The lowest BCUT2D eigenvalue weighted by molar-refractivity contribution is -0.384. The Bertz CT molecular complexity index is 783. The van der Waals surface area contributed by atoms with Crippen LogP contribution in [0.4, 0.5) is 5.69 Å². The first-order valence-corrected chi connectivity index (χ1v) is 6.80. The van der Waals surface area contributed by atoms with Crippen LogP contribution >= 0.6 is 0 Å². The molecule has 0 aromatic heterocycles. The quantitative estimate of drug-likeness (QED) is 0.499. The van der Waals surface area contributed by atoms with Gasteiger partial charge in [0.25, 0.3) is 5.69 Å². The van der Waals surface area contributed by atoms with E-state index in [4.69, 9.17) is 4.74 Å². The van der Waals surface area contributed by atoms with Gasteiger partial charge in [-0.05, 0) is 35.4 Å². The highest BCUT2D eigenvalue weighted by Crippen LogP contribution is 2.27. The number of non-ortho nitro benzene ring substituents is 1. The van der Waals surface area contributed by atoms with Gasteiger partial charge in [0.2, 0.25) is 0 Å². The summed E-state index contributed by atoms with van der Waals surface area (Å²) in [6, 6.07) is 23.6. The number of benzene rings is 3. The van der Waals surface area contributed by atoms with Crippen LogP contribution in [0.5, 0.6) is 11.5 Å². The van der Waals surface area contributed by atoms with Gasteiger partial charge in [0.1, 0.15) is 11.5 Å². The number of nitro benzene ring substituents is 1. The highest BCUT2D eigenvalue weighted by atomic mass is 16.6. The zero-order valence-electron chi connectivity index (χ0n) is 11.7. The van der Waals surface area contributed by atoms with Crippen molar-refractivity contribution in [1.29, 1.82) is 0 Å². The van der Waals surface area contributed by atoms with Gasteiger partial charge in [0.15, 0.2) is 0 Å². The smallest absolute Gasteiger partial charge is 0.270 e. The molecule has 0 fully saturated rings. The summed E-state index contributed by atoms with van der Waals surface area (Å²) in [6.07, 6.45) is 0. The Labute approximate surface area is 127 Å². The van der Waals surface area contributed by atoms with Gasteiger partial charge >= 0.3 is 0 Å². The van der Waals surface area contributed by atoms with Crippen molar-refractivity contribution >= 4 is 5.69 Å². The van der Waals surface area contributed by atoms with Crippen LogP contribution in [0.25, 0.3) is 11.1 Å². The molecule has 4 heteroatoms. The molecule has 0 atom stereocenters. The van der Waals surface area contributed by atoms with Gasteiger partial charge in [0, 0.05) is 12.1 Å². The van der Waals surface area contributed by atoms with Crippen LogP contribution in [-0.4, -0.2) is 4.92 Å². The van der Waals surface area contributed by atoms with Crippen molar-refractivity contribution in [2.45, 2.75) is 0 Å². The summed E-state index contributed by atoms with van der Waals surface area (Å²) in [4.78, 5) is 10.4. The number of rotatable bonds is 4. The highest BCUT2D eigenvalue weighted by molar-refractivity contribution is 5.66. The largest absolute Gasteiger partial charge is 0.457 e. The van der Waals surface area contributed by atoms with Crippen LogP contribution in [0.15, 0.2) is 78.9 Å². The van der Waals surface area contributed by atoms with Crippen molar-refractivity contribution < 1.29 is 9.66 Å². The number of para-hydroxylation sites is 1. The van der Waals surface area contributed by atoms with E-state index in [0.717, 1.165) is 22.6 Å². The lowest BCUT2D eigenvalue weighted by atomic mass is 10.1. The van der Waals surface area contributed by atoms with Crippen LogP contribution in [0.1, 0.15) is 0 Å². The van der Waals surface area contributed by atoms with E-state index in [-0.39, 0.29) is 5.69 Å². The molecule has 0 bridgehead atoms. The van der Waals surface area contributed by atoms with Crippen LogP contribution < -0.4 is 4.74 Å². The second-order valence-corrected chi connectivity index (χ2v) is 4.75. The van der Waals surface area contributed by atoms with Crippen molar-refractivity contribution in [2.75, 3.05) is 0 Å². The molecule has 0 spiro atoms. The maximum absolute atomic E-state index is 10.8. The number of ether oxygens (including phenoxy) is 1. The Kier molecular flexibility index (Phi) is 3.83. The van der Waals surface area contributed by atoms with Gasteiger partial charge in [-0.1, -0.05) is 42.5 Å². The first-order valence-electron chi connectivity index (χ1n) is 6.80. The van der Waals surface area contributed by atoms with Crippen molar-refractivity contribution in [3.8, 4) is 22.6 Å². The fourth-order valence-electron chi connectivity index (χ4n) is 2.14. The van der Waals surface area contributed by atoms with Crippen LogP contribution in [0.3, 0.4) is 0 Å². The standard InChI is InChI=1S/C18H13NO3/c20-19(21)16-6-4-5-15(13-16)14-9-11-18(12-10-14)22-17-7-2-1-3-8-17/h1-13H. The molecule has 3 rings (SSSR count). The molecule has 22 heavy (non-hydrogen) atoms. The van der Waals surface area contributed by atoms with Gasteiger partial charge < -0.3 is 4.74 Å². The van der Waals surface area contributed by atoms with Gasteiger partial charge in [-0.2, -0.15) is 0 Å². The molecular formula is C18H13NO3. The molecule has 0 saturated carbocycles. The van der Waals surface area contributed by atoms with Crippen molar-refractivity contribution in [2.24, 2.45) is 0 Å². The minimum atomic E-state index is -0.392. The molecule has 0 N–H and O–H groups in total. The number of hydrogen-bond donors (Lipinski definition) is 0. The predicted octanol–water partition coefficient (Wildman–Crippen LogP) is 5.05. The van der Waals surface area contributed by atoms with Gasteiger partial charge in [-0.15, -0.1) is 0 Å². The van der Waals surface area contributed by atoms with Crippen LogP contribution in [0, 0.1) is 10.1 Å². The monoisotopic (exact) mass is 291 g/mol. The SMILES string of the molecule is O=[N+]([O-])c1cccc(-c2ccc(Oc3ccccc3)cc2)c1. The maximum Gasteiger partial charge on any atom is 0.270 e. The average Bonchev–Trinajstić information content (AvgIpc) is 2.56. The van der Waals surface area contributed by atoms with Crippen molar-refractivity contribution in [1.82, 2.24) is 0 Å². The molecule has 3 aromatic carbocycles. The molecule has 0 aliphatic carbocycles. The first-order chi connectivity index (χ1) is 10.7. The van der Waals surface area contributed by atoms with Crippen LogP contribution in [0.2, 0.25) is 0 Å². The lowest BCUT2D eigenvalue weighted by Gasteiger charge is -2.07. The summed E-state index contributed by atoms with van der Waals surface area (Å²) in [5, 5.41) is 10.8. The predicted molar refractivity (Wildman–Crippen MR) is 85.0 cm³/mol. The Balaban J connectivity index is 1.82.